The maximum Gasteiger partial charge on any atom is 0.115 e. The summed E-state index contributed by atoms with van der Waals surface area (Å²) in [5.41, 5.74) is 0.752. The Bertz CT molecular complexity index is 324. The third kappa shape index (κ3) is 1.92. The van der Waals surface area contributed by atoms with Crippen molar-refractivity contribution in [1.29, 1.82) is 0 Å². The van der Waals surface area contributed by atoms with Crippen molar-refractivity contribution >= 4 is 0 Å². The van der Waals surface area contributed by atoms with Crippen molar-refractivity contribution in [2.45, 2.75) is 47.0 Å². The van der Waals surface area contributed by atoms with Crippen LogP contribution in [-0.4, -0.2) is 6.61 Å². The quantitative estimate of drug-likeness (QED) is 0.674. The fourth-order valence-electron chi connectivity index (χ4n) is 3.49. The number of allylic oxidation sites excluding steroid dienone is 3. The Balaban J connectivity index is 2.29. The first kappa shape index (κ1) is 11.8. The van der Waals surface area contributed by atoms with Crippen molar-refractivity contribution < 1.29 is 4.74 Å². The van der Waals surface area contributed by atoms with Crippen LogP contribution in [-0.2, 0) is 4.74 Å². The van der Waals surface area contributed by atoms with Gasteiger partial charge in [-0.1, -0.05) is 33.3 Å². The molecule has 0 saturated heterocycles. The van der Waals surface area contributed by atoms with E-state index in [1.807, 2.05) is 0 Å². The van der Waals surface area contributed by atoms with Gasteiger partial charge in [-0.2, -0.15) is 0 Å². The van der Waals surface area contributed by atoms with Crippen molar-refractivity contribution in [3.8, 4) is 0 Å². The second-order valence-corrected chi connectivity index (χ2v) is 6.16. The normalized spacial score (nSPS) is 36.5. The van der Waals surface area contributed by atoms with Gasteiger partial charge in [-0.15, -0.1) is 0 Å². The molecule has 0 N–H and O–H groups in total. The zero-order valence-corrected chi connectivity index (χ0v) is 11.0. The van der Waals surface area contributed by atoms with Gasteiger partial charge in [-0.3, -0.25) is 0 Å². The third-order valence-electron chi connectivity index (χ3n) is 4.36. The minimum atomic E-state index is 0.350. The third-order valence-corrected chi connectivity index (χ3v) is 4.36. The van der Waals surface area contributed by atoms with Gasteiger partial charge in [0.15, 0.2) is 0 Å². The van der Waals surface area contributed by atoms with Crippen molar-refractivity contribution in [2.24, 2.45) is 16.7 Å². The number of fused-ring (bicyclic) bond motifs is 1. The highest BCUT2D eigenvalue weighted by Crippen LogP contribution is 2.54. The predicted molar refractivity (Wildman–Crippen MR) is 68.1 cm³/mol. The van der Waals surface area contributed by atoms with Crippen LogP contribution in [0.1, 0.15) is 47.0 Å². The van der Waals surface area contributed by atoms with E-state index in [-0.39, 0.29) is 0 Å². The van der Waals surface area contributed by atoms with Gasteiger partial charge in [0.2, 0.25) is 0 Å². The van der Waals surface area contributed by atoms with Gasteiger partial charge in [-0.25, -0.2) is 0 Å². The number of hydrogen-bond donors (Lipinski definition) is 0. The van der Waals surface area contributed by atoms with Gasteiger partial charge in [0.05, 0.1) is 6.61 Å². The van der Waals surface area contributed by atoms with Crippen LogP contribution in [0, 0.1) is 16.7 Å². The van der Waals surface area contributed by atoms with Gasteiger partial charge in [0.1, 0.15) is 5.76 Å². The maximum atomic E-state index is 5.64. The Morgan fingerprint density at radius 2 is 2.06 bits per heavy atom. The molecule has 0 spiro atoms. The van der Waals surface area contributed by atoms with E-state index in [1.165, 1.54) is 19.3 Å². The van der Waals surface area contributed by atoms with Crippen molar-refractivity contribution in [3.63, 3.8) is 0 Å². The van der Waals surface area contributed by atoms with Gasteiger partial charge in [-0.05, 0) is 48.7 Å². The lowest BCUT2D eigenvalue weighted by atomic mass is 9.55. The van der Waals surface area contributed by atoms with Crippen LogP contribution < -0.4 is 0 Å². The molecule has 1 nitrogen and oxygen atoms in total. The van der Waals surface area contributed by atoms with E-state index in [2.05, 4.69) is 45.9 Å². The van der Waals surface area contributed by atoms with Crippen molar-refractivity contribution in [3.05, 3.63) is 24.0 Å². The smallest absolute Gasteiger partial charge is 0.115 e. The molecule has 0 radical (unpaired) electrons. The molecule has 0 aromatic carbocycles. The lowest BCUT2D eigenvalue weighted by Crippen LogP contribution is -2.41. The second kappa shape index (κ2) is 3.94. The highest BCUT2D eigenvalue weighted by atomic mass is 16.5. The highest BCUT2D eigenvalue weighted by Gasteiger charge is 2.45. The summed E-state index contributed by atoms with van der Waals surface area (Å²) in [5.74, 6) is 1.69. The predicted octanol–water partition coefficient (Wildman–Crippen LogP) is 4.31. The molecule has 2 aliphatic carbocycles. The van der Waals surface area contributed by atoms with E-state index in [0.29, 0.717) is 16.7 Å². The van der Waals surface area contributed by atoms with Gasteiger partial charge < -0.3 is 4.74 Å². The molecule has 0 amide bonds. The van der Waals surface area contributed by atoms with E-state index in [9.17, 15) is 0 Å². The highest BCUT2D eigenvalue weighted by molar-refractivity contribution is 5.27. The van der Waals surface area contributed by atoms with Crippen molar-refractivity contribution in [1.82, 2.24) is 0 Å². The summed E-state index contributed by atoms with van der Waals surface area (Å²) < 4.78 is 5.64. The van der Waals surface area contributed by atoms with E-state index in [4.69, 9.17) is 4.74 Å². The molecule has 2 aliphatic rings. The van der Waals surface area contributed by atoms with Crippen LogP contribution >= 0.6 is 0 Å². The number of rotatable bonds is 2. The number of ether oxygens (including phenoxy) is 1. The Hall–Kier alpha value is -0.720. The topological polar surface area (TPSA) is 9.23 Å². The Labute approximate surface area is 99.6 Å². The molecule has 1 heteroatoms. The molecule has 0 bridgehead atoms. The minimum Gasteiger partial charge on any atom is -0.494 e. The monoisotopic (exact) mass is 220 g/mol. The van der Waals surface area contributed by atoms with Gasteiger partial charge in [0.25, 0.3) is 0 Å². The first-order valence-corrected chi connectivity index (χ1v) is 6.52. The molecule has 2 unspecified atom stereocenters. The summed E-state index contributed by atoms with van der Waals surface area (Å²) >= 11 is 0. The summed E-state index contributed by atoms with van der Waals surface area (Å²) in [6.45, 7) is 10.0. The zero-order chi connectivity index (χ0) is 11.8. The summed E-state index contributed by atoms with van der Waals surface area (Å²) in [6.07, 6.45) is 10.9. The van der Waals surface area contributed by atoms with E-state index >= 15 is 0 Å². The molecule has 0 aromatic rings. The van der Waals surface area contributed by atoms with Crippen LogP contribution in [0.4, 0.5) is 0 Å². The largest absolute Gasteiger partial charge is 0.494 e. The van der Waals surface area contributed by atoms with Crippen LogP contribution in [0.3, 0.4) is 0 Å². The molecular formula is C15H24O. The fourth-order valence-corrected chi connectivity index (χ4v) is 3.49. The molecule has 16 heavy (non-hydrogen) atoms. The first-order valence-electron chi connectivity index (χ1n) is 6.52. The lowest BCUT2D eigenvalue weighted by molar-refractivity contribution is 0.0633. The molecule has 90 valence electrons. The maximum absolute atomic E-state index is 5.64. The second-order valence-electron chi connectivity index (χ2n) is 6.16. The summed E-state index contributed by atoms with van der Waals surface area (Å²) in [4.78, 5) is 0. The Morgan fingerprint density at radius 3 is 2.75 bits per heavy atom. The molecule has 2 rings (SSSR count). The lowest BCUT2D eigenvalue weighted by Gasteiger charge is -2.49. The summed E-state index contributed by atoms with van der Waals surface area (Å²) in [7, 11) is 0. The van der Waals surface area contributed by atoms with Crippen molar-refractivity contribution in [2.75, 3.05) is 6.61 Å². The molecule has 0 heterocycles. The van der Waals surface area contributed by atoms with Crippen LogP contribution in [0.15, 0.2) is 24.0 Å². The molecule has 0 aromatic heterocycles. The van der Waals surface area contributed by atoms with E-state index < -0.39 is 0 Å². The molecule has 1 saturated carbocycles. The van der Waals surface area contributed by atoms with Gasteiger partial charge >= 0.3 is 0 Å². The summed E-state index contributed by atoms with van der Waals surface area (Å²) in [5, 5.41) is 0. The van der Waals surface area contributed by atoms with E-state index in [0.717, 1.165) is 12.4 Å². The Morgan fingerprint density at radius 1 is 1.31 bits per heavy atom. The van der Waals surface area contributed by atoms with Crippen LogP contribution in [0.2, 0.25) is 0 Å². The molecule has 2 atom stereocenters. The molecular weight excluding hydrogens is 196 g/mol. The van der Waals surface area contributed by atoms with Gasteiger partial charge in [0, 0.05) is 0 Å². The van der Waals surface area contributed by atoms with E-state index in [1.54, 1.807) is 0 Å². The zero-order valence-electron chi connectivity index (χ0n) is 11.0. The Kier molecular flexibility index (Phi) is 2.90. The average molecular weight is 220 g/mol. The first-order chi connectivity index (χ1) is 7.48. The number of hydrogen-bond acceptors (Lipinski definition) is 1. The summed E-state index contributed by atoms with van der Waals surface area (Å²) in [6, 6.07) is 0. The SMILES string of the molecule is CCOC1=CC2C(C)(C)CCCC2(C)C=C1. The molecule has 1 fully saturated rings. The minimum absolute atomic E-state index is 0.350. The average Bonchev–Trinajstić information content (AvgIpc) is 2.20. The molecule has 0 aliphatic heterocycles. The van der Waals surface area contributed by atoms with Crippen LogP contribution in [0.5, 0.6) is 0 Å². The van der Waals surface area contributed by atoms with Crippen LogP contribution in [0.25, 0.3) is 0 Å². The standard InChI is InChI=1S/C15H24O/c1-5-16-12-7-10-15(4)9-6-8-14(2,3)13(15)11-12/h7,10-11,13H,5-6,8-9H2,1-4H3. The fraction of sp³-hybridized carbons (Fsp3) is 0.733.